The third-order valence-corrected chi connectivity index (χ3v) is 4.10. The Bertz CT molecular complexity index is 710. The summed E-state index contributed by atoms with van der Waals surface area (Å²) >= 11 is 1.66. The van der Waals surface area contributed by atoms with E-state index in [1.165, 1.54) is 15.6 Å². The molecule has 1 aliphatic rings. The first-order valence-corrected chi connectivity index (χ1v) is 6.44. The van der Waals surface area contributed by atoms with Crippen LogP contribution in [-0.4, -0.2) is 11.9 Å². The molecule has 0 atom stereocenters. The first-order valence-electron chi connectivity index (χ1n) is 5.62. The lowest BCUT2D eigenvalue weighted by Crippen LogP contribution is -1.99. The van der Waals surface area contributed by atoms with Gasteiger partial charge in [-0.25, -0.2) is 9.79 Å². The van der Waals surface area contributed by atoms with E-state index in [9.17, 15) is 4.79 Å². The molecular weight excluding hydrogens is 246 g/mol. The normalized spacial score (nSPS) is 17.3. The SMILES string of the molecule is CC1=NC(=Cc2sc3ccccc3c2C)C(=O)O1. The van der Waals surface area contributed by atoms with Crippen molar-refractivity contribution in [1.82, 2.24) is 0 Å². The minimum atomic E-state index is -0.371. The quantitative estimate of drug-likeness (QED) is 0.579. The molecule has 0 spiro atoms. The second kappa shape index (κ2) is 4.07. The van der Waals surface area contributed by atoms with E-state index in [-0.39, 0.29) is 5.97 Å². The molecule has 0 saturated heterocycles. The summed E-state index contributed by atoms with van der Waals surface area (Å²) in [5, 5.41) is 1.22. The number of fused-ring (bicyclic) bond motifs is 1. The van der Waals surface area contributed by atoms with Gasteiger partial charge in [-0.2, -0.15) is 0 Å². The van der Waals surface area contributed by atoms with E-state index in [0.29, 0.717) is 11.6 Å². The molecule has 3 nitrogen and oxygen atoms in total. The van der Waals surface area contributed by atoms with Crippen molar-refractivity contribution in [3.05, 3.63) is 40.4 Å². The van der Waals surface area contributed by atoms with Gasteiger partial charge in [-0.1, -0.05) is 18.2 Å². The van der Waals surface area contributed by atoms with Gasteiger partial charge in [-0.15, -0.1) is 11.3 Å². The summed E-state index contributed by atoms with van der Waals surface area (Å²) in [5.41, 5.74) is 1.55. The Labute approximate surface area is 108 Å². The van der Waals surface area contributed by atoms with E-state index in [1.807, 2.05) is 12.1 Å². The molecule has 0 N–H and O–H groups in total. The summed E-state index contributed by atoms with van der Waals surface area (Å²) in [6, 6.07) is 8.20. The van der Waals surface area contributed by atoms with Gasteiger partial charge in [0.25, 0.3) is 0 Å². The third-order valence-electron chi connectivity index (χ3n) is 2.88. The number of hydrogen-bond donors (Lipinski definition) is 0. The standard InChI is InChI=1S/C14H11NO2S/c1-8-10-5-3-4-6-12(10)18-13(8)7-11-14(16)17-9(2)15-11/h3-7H,1-2H3. The van der Waals surface area contributed by atoms with E-state index >= 15 is 0 Å². The Morgan fingerprint density at radius 2 is 2.06 bits per heavy atom. The summed E-state index contributed by atoms with van der Waals surface area (Å²) in [6.45, 7) is 3.73. The van der Waals surface area contributed by atoms with Gasteiger partial charge in [0.15, 0.2) is 11.6 Å². The van der Waals surface area contributed by atoms with Gasteiger partial charge in [0.05, 0.1) is 0 Å². The second-order valence-corrected chi connectivity index (χ2v) is 5.22. The van der Waals surface area contributed by atoms with Crippen LogP contribution in [0, 0.1) is 6.92 Å². The summed E-state index contributed by atoms with van der Waals surface area (Å²) < 4.78 is 6.12. The Kier molecular flexibility index (Phi) is 2.52. The number of rotatable bonds is 1. The van der Waals surface area contributed by atoms with Gasteiger partial charge in [0.2, 0.25) is 0 Å². The van der Waals surface area contributed by atoms with E-state index in [0.717, 1.165) is 4.88 Å². The van der Waals surface area contributed by atoms with Crippen LogP contribution in [0.15, 0.2) is 35.0 Å². The second-order valence-electron chi connectivity index (χ2n) is 4.14. The van der Waals surface area contributed by atoms with E-state index in [2.05, 4.69) is 24.0 Å². The van der Waals surface area contributed by atoms with Crippen LogP contribution in [0.1, 0.15) is 17.4 Å². The molecule has 90 valence electrons. The summed E-state index contributed by atoms with van der Waals surface area (Å²) in [4.78, 5) is 16.7. The zero-order valence-electron chi connectivity index (χ0n) is 10.1. The molecule has 1 aliphatic heterocycles. The Balaban J connectivity index is 2.13. The number of ether oxygens (including phenoxy) is 1. The predicted octanol–water partition coefficient (Wildman–Crippen LogP) is 3.53. The molecule has 3 rings (SSSR count). The average molecular weight is 257 g/mol. The highest BCUT2D eigenvalue weighted by Crippen LogP contribution is 2.32. The third kappa shape index (κ3) is 1.75. The Morgan fingerprint density at radius 3 is 2.72 bits per heavy atom. The number of hydrogen-bond acceptors (Lipinski definition) is 4. The summed E-state index contributed by atoms with van der Waals surface area (Å²) in [5.74, 6) is 0.0365. The van der Waals surface area contributed by atoms with Crippen molar-refractivity contribution in [2.75, 3.05) is 0 Å². The molecule has 0 fully saturated rings. The van der Waals surface area contributed by atoms with E-state index in [4.69, 9.17) is 4.74 Å². The van der Waals surface area contributed by atoms with Crippen molar-refractivity contribution in [1.29, 1.82) is 0 Å². The van der Waals surface area contributed by atoms with Crippen molar-refractivity contribution < 1.29 is 9.53 Å². The molecule has 0 aliphatic carbocycles. The minimum absolute atomic E-state index is 0.371. The first-order chi connectivity index (χ1) is 8.65. The molecule has 2 heterocycles. The highest BCUT2D eigenvalue weighted by molar-refractivity contribution is 7.20. The summed E-state index contributed by atoms with van der Waals surface area (Å²) in [7, 11) is 0. The van der Waals surface area contributed by atoms with Crippen molar-refractivity contribution in [3.8, 4) is 0 Å². The molecule has 0 bridgehead atoms. The lowest BCUT2D eigenvalue weighted by Gasteiger charge is -1.92. The van der Waals surface area contributed by atoms with Crippen LogP contribution in [-0.2, 0) is 9.53 Å². The molecule has 4 heteroatoms. The monoisotopic (exact) mass is 257 g/mol. The maximum Gasteiger partial charge on any atom is 0.363 e. The zero-order valence-corrected chi connectivity index (χ0v) is 10.9. The number of aliphatic imine (C=N–C) groups is 1. The van der Waals surface area contributed by atoms with Crippen LogP contribution in [0.5, 0.6) is 0 Å². The molecular formula is C14H11NO2S. The van der Waals surface area contributed by atoms with Crippen LogP contribution >= 0.6 is 11.3 Å². The Morgan fingerprint density at radius 1 is 1.28 bits per heavy atom. The Hall–Kier alpha value is -1.94. The number of cyclic esters (lactones) is 1. The van der Waals surface area contributed by atoms with Gasteiger partial charge >= 0.3 is 5.97 Å². The molecule has 1 aromatic heterocycles. The number of benzene rings is 1. The summed E-state index contributed by atoms with van der Waals surface area (Å²) in [6.07, 6.45) is 1.80. The number of esters is 1. The number of aryl methyl sites for hydroxylation is 1. The highest BCUT2D eigenvalue weighted by Gasteiger charge is 2.20. The van der Waals surface area contributed by atoms with Gasteiger partial charge in [0.1, 0.15) is 0 Å². The highest BCUT2D eigenvalue weighted by atomic mass is 32.1. The largest absolute Gasteiger partial charge is 0.407 e. The minimum Gasteiger partial charge on any atom is -0.407 e. The maximum absolute atomic E-state index is 11.5. The number of carbonyl (C=O) groups is 1. The van der Waals surface area contributed by atoms with Crippen LogP contribution in [0.25, 0.3) is 16.2 Å². The fourth-order valence-electron chi connectivity index (χ4n) is 1.97. The van der Waals surface area contributed by atoms with Gasteiger partial charge < -0.3 is 4.74 Å². The number of thiophene rings is 1. The molecule has 0 saturated carbocycles. The van der Waals surface area contributed by atoms with Gasteiger partial charge in [-0.05, 0) is 30.0 Å². The molecule has 18 heavy (non-hydrogen) atoms. The van der Waals surface area contributed by atoms with Crippen LogP contribution < -0.4 is 0 Å². The van der Waals surface area contributed by atoms with Gasteiger partial charge in [0, 0.05) is 16.5 Å². The first kappa shape index (κ1) is 11.2. The van der Waals surface area contributed by atoms with Crippen molar-refractivity contribution in [3.63, 3.8) is 0 Å². The van der Waals surface area contributed by atoms with Crippen LogP contribution in [0.2, 0.25) is 0 Å². The van der Waals surface area contributed by atoms with Crippen LogP contribution in [0.4, 0.5) is 0 Å². The topological polar surface area (TPSA) is 38.7 Å². The predicted molar refractivity (Wildman–Crippen MR) is 73.7 cm³/mol. The van der Waals surface area contributed by atoms with Crippen LogP contribution in [0.3, 0.4) is 0 Å². The van der Waals surface area contributed by atoms with Gasteiger partial charge in [-0.3, -0.25) is 0 Å². The lowest BCUT2D eigenvalue weighted by molar-refractivity contribution is -0.130. The van der Waals surface area contributed by atoms with Crippen molar-refractivity contribution in [2.24, 2.45) is 4.99 Å². The fourth-order valence-corrected chi connectivity index (χ4v) is 3.12. The lowest BCUT2D eigenvalue weighted by atomic mass is 10.1. The molecule has 2 aromatic rings. The molecule has 0 amide bonds. The van der Waals surface area contributed by atoms with Crippen molar-refractivity contribution in [2.45, 2.75) is 13.8 Å². The molecule has 1 aromatic carbocycles. The van der Waals surface area contributed by atoms with Crippen molar-refractivity contribution >= 4 is 39.4 Å². The fraction of sp³-hybridized carbons (Fsp3) is 0.143. The zero-order chi connectivity index (χ0) is 12.7. The molecule has 0 unspecified atom stereocenters. The average Bonchev–Trinajstić information content (AvgIpc) is 2.82. The van der Waals surface area contributed by atoms with E-state index < -0.39 is 0 Å². The maximum atomic E-state index is 11.5. The molecule has 0 radical (unpaired) electrons. The number of carbonyl (C=O) groups excluding carboxylic acids is 1. The van der Waals surface area contributed by atoms with E-state index in [1.54, 1.807) is 24.3 Å². The number of nitrogens with zero attached hydrogens (tertiary/aromatic N) is 1. The smallest absolute Gasteiger partial charge is 0.363 e.